The normalized spacial score (nSPS) is 27.6. The summed E-state index contributed by atoms with van der Waals surface area (Å²) < 4.78 is 1.04. The van der Waals surface area contributed by atoms with Crippen LogP contribution in [0.4, 0.5) is 0 Å². The van der Waals surface area contributed by atoms with Gasteiger partial charge in [0, 0.05) is 16.2 Å². The average molecular weight is 331 g/mol. The zero-order valence-corrected chi connectivity index (χ0v) is 12.7. The summed E-state index contributed by atoms with van der Waals surface area (Å²) in [6, 6.07) is 3.92. The van der Waals surface area contributed by atoms with Crippen LogP contribution in [-0.2, 0) is 0 Å². The Hall–Kier alpha value is -0.100. The second kappa shape index (κ2) is 6.37. The minimum atomic E-state index is -0.345. The Morgan fingerprint density at radius 2 is 2.44 bits per heavy atom. The Labute approximate surface area is 121 Å². The second-order valence-corrected chi connectivity index (χ2v) is 6.85. The molecule has 1 saturated carbocycles. The van der Waals surface area contributed by atoms with Gasteiger partial charge in [-0.15, -0.1) is 11.8 Å². The van der Waals surface area contributed by atoms with Gasteiger partial charge < -0.3 is 10.8 Å². The van der Waals surface area contributed by atoms with E-state index in [9.17, 15) is 5.11 Å². The van der Waals surface area contributed by atoms with Crippen molar-refractivity contribution in [3.8, 4) is 0 Å². The van der Waals surface area contributed by atoms with E-state index in [4.69, 9.17) is 5.73 Å². The fourth-order valence-corrected chi connectivity index (χ4v) is 4.12. The van der Waals surface area contributed by atoms with Gasteiger partial charge in [0.05, 0.1) is 6.61 Å². The number of pyridine rings is 1. The van der Waals surface area contributed by atoms with Gasteiger partial charge in [0.15, 0.2) is 0 Å². The van der Waals surface area contributed by atoms with Crippen molar-refractivity contribution in [1.29, 1.82) is 0 Å². The standard InChI is InChI=1S/C13H19BrN2OS/c14-11-4-2-7-16-12(11)18-8-5-10-3-1-6-13(10,15)9-17/h2,4,7,10,17H,1,3,5-6,8-9,15H2. The summed E-state index contributed by atoms with van der Waals surface area (Å²) in [6.07, 6.45) is 6.08. The summed E-state index contributed by atoms with van der Waals surface area (Å²) in [7, 11) is 0. The second-order valence-electron chi connectivity index (χ2n) is 4.91. The molecule has 5 heteroatoms. The number of halogens is 1. The fourth-order valence-electron chi connectivity index (χ4n) is 2.58. The summed E-state index contributed by atoms with van der Waals surface area (Å²) >= 11 is 5.25. The highest BCUT2D eigenvalue weighted by Gasteiger charge is 2.38. The molecule has 1 aromatic rings. The van der Waals surface area contributed by atoms with E-state index in [2.05, 4.69) is 20.9 Å². The number of aliphatic hydroxyl groups excluding tert-OH is 1. The van der Waals surface area contributed by atoms with Crippen molar-refractivity contribution in [1.82, 2.24) is 4.98 Å². The van der Waals surface area contributed by atoms with Crippen LogP contribution in [0, 0.1) is 5.92 Å². The van der Waals surface area contributed by atoms with Crippen LogP contribution in [0.25, 0.3) is 0 Å². The SMILES string of the molecule is NC1(CO)CCCC1CCSc1ncccc1Br. The Balaban J connectivity index is 1.84. The van der Waals surface area contributed by atoms with Crippen LogP contribution < -0.4 is 5.73 Å². The van der Waals surface area contributed by atoms with E-state index < -0.39 is 0 Å². The highest BCUT2D eigenvalue weighted by Crippen LogP contribution is 2.37. The number of aliphatic hydroxyl groups is 1. The van der Waals surface area contributed by atoms with E-state index >= 15 is 0 Å². The molecule has 1 aliphatic rings. The minimum absolute atomic E-state index is 0.107. The van der Waals surface area contributed by atoms with Crippen molar-refractivity contribution in [2.45, 2.75) is 36.2 Å². The Kier molecular flexibility index (Phi) is 5.06. The van der Waals surface area contributed by atoms with Gasteiger partial charge in [-0.1, -0.05) is 6.42 Å². The molecule has 2 rings (SSSR count). The molecule has 100 valence electrons. The number of nitrogens with two attached hydrogens (primary N) is 1. The average Bonchev–Trinajstić information content (AvgIpc) is 2.74. The first-order valence-corrected chi connectivity index (χ1v) is 8.06. The highest BCUT2D eigenvalue weighted by molar-refractivity contribution is 9.10. The first-order chi connectivity index (χ1) is 8.65. The largest absolute Gasteiger partial charge is 0.394 e. The first kappa shape index (κ1) is 14.3. The zero-order chi connectivity index (χ0) is 13.0. The van der Waals surface area contributed by atoms with Gasteiger partial charge >= 0.3 is 0 Å². The van der Waals surface area contributed by atoms with Crippen molar-refractivity contribution >= 4 is 27.7 Å². The van der Waals surface area contributed by atoms with Gasteiger partial charge in [-0.05, 0) is 59.0 Å². The van der Waals surface area contributed by atoms with Crippen molar-refractivity contribution in [2.75, 3.05) is 12.4 Å². The summed E-state index contributed by atoms with van der Waals surface area (Å²) in [5.41, 5.74) is 5.88. The summed E-state index contributed by atoms with van der Waals surface area (Å²) in [5, 5.41) is 10.4. The number of hydrogen-bond donors (Lipinski definition) is 2. The van der Waals surface area contributed by atoms with Gasteiger partial charge in [-0.3, -0.25) is 0 Å². The molecular weight excluding hydrogens is 312 g/mol. The van der Waals surface area contributed by atoms with Crippen LogP contribution in [0.5, 0.6) is 0 Å². The molecule has 3 N–H and O–H groups in total. The smallest absolute Gasteiger partial charge is 0.110 e. The number of aromatic nitrogens is 1. The molecule has 0 aromatic carbocycles. The van der Waals surface area contributed by atoms with Crippen LogP contribution >= 0.6 is 27.7 Å². The van der Waals surface area contributed by atoms with E-state index in [-0.39, 0.29) is 12.1 Å². The first-order valence-electron chi connectivity index (χ1n) is 6.29. The summed E-state index contributed by atoms with van der Waals surface area (Å²) in [5.74, 6) is 1.44. The van der Waals surface area contributed by atoms with Crippen molar-refractivity contribution in [2.24, 2.45) is 11.7 Å². The summed E-state index contributed by atoms with van der Waals surface area (Å²) in [6.45, 7) is 0.107. The molecule has 0 aliphatic heterocycles. The number of thioether (sulfide) groups is 1. The lowest BCUT2D eigenvalue weighted by atomic mass is 9.87. The molecule has 0 saturated heterocycles. The van der Waals surface area contributed by atoms with Gasteiger partial charge in [-0.2, -0.15) is 0 Å². The fraction of sp³-hybridized carbons (Fsp3) is 0.615. The molecular formula is C13H19BrN2OS. The van der Waals surface area contributed by atoms with Crippen LogP contribution in [0.2, 0.25) is 0 Å². The molecule has 2 atom stereocenters. The lowest BCUT2D eigenvalue weighted by Crippen LogP contribution is -2.47. The molecule has 0 spiro atoms. The van der Waals surface area contributed by atoms with E-state index in [1.165, 1.54) is 0 Å². The number of hydrogen-bond acceptors (Lipinski definition) is 4. The van der Waals surface area contributed by atoms with Gasteiger partial charge in [-0.25, -0.2) is 4.98 Å². The van der Waals surface area contributed by atoms with Crippen molar-refractivity contribution in [3.05, 3.63) is 22.8 Å². The van der Waals surface area contributed by atoms with Gasteiger partial charge in [0.1, 0.15) is 5.03 Å². The highest BCUT2D eigenvalue weighted by atomic mass is 79.9. The zero-order valence-electron chi connectivity index (χ0n) is 10.3. The molecule has 3 nitrogen and oxygen atoms in total. The third-order valence-corrected chi connectivity index (χ3v) is 5.67. The topological polar surface area (TPSA) is 59.1 Å². The van der Waals surface area contributed by atoms with E-state index in [0.717, 1.165) is 40.9 Å². The molecule has 1 fully saturated rings. The molecule has 1 aliphatic carbocycles. The van der Waals surface area contributed by atoms with Crippen LogP contribution in [0.3, 0.4) is 0 Å². The van der Waals surface area contributed by atoms with Crippen LogP contribution in [-0.4, -0.2) is 28.0 Å². The minimum Gasteiger partial charge on any atom is -0.394 e. The van der Waals surface area contributed by atoms with E-state index in [1.807, 2.05) is 18.3 Å². The third kappa shape index (κ3) is 3.26. The lowest BCUT2D eigenvalue weighted by Gasteiger charge is -2.29. The molecule has 1 heterocycles. The quantitative estimate of drug-likeness (QED) is 0.815. The third-order valence-electron chi connectivity index (χ3n) is 3.73. The molecule has 0 bridgehead atoms. The molecule has 2 unspecified atom stereocenters. The van der Waals surface area contributed by atoms with Gasteiger partial charge in [0.2, 0.25) is 0 Å². The molecule has 1 aromatic heterocycles. The molecule has 18 heavy (non-hydrogen) atoms. The predicted octanol–water partition coefficient (Wildman–Crippen LogP) is 2.82. The Morgan fingerprint density at radius 1 is 1.61 bits per heavy atom. The predicted molar refractivity (Wildman–Crippen MR) is 78.6 cm³/mol. The van der Waals surface area contributed by atoms with Crippen molar-refractivity contribution < 1.29 is 5.11 Å². The maximum absolute atomic E-state index is 9.40. The van der Waals surface area contributed by atoms with Crippen LogP contribution in [0.15, 0.2) is 27.8 Å². The van der Waals surface area contributed by atoms with E-state index in [0.29, 0.717) is 5.92 Å². The van der Waals surface area contributed by atoms with Crippen LogP contribution in [0.1, 0.15) is 25.7 Å². The molecule has 0 amide bonds. The number of rotatable bonds is 5. The molecule has 0 radical (unpaired) electrons. The van der Waals surface area contributed by atoms with E-state index in [1.54, 1.807) is 11.8 Å². The van der Waals surface area contributed by atoms with Gasteiger partial charge in [0.25, 0.3) is 0 Å². The number of nitrogens with zero attached hydrogens (tertiary/aromatic N) is 1. The monoisotopic (exact) mass is 330 g/mol. The maximum atomic E-state index is 9.40. The maximum Gasteiger partial charge on any atom is 0.110 e. The summed E-state index contributed by atoms with van der Waals surface area (Å²) in [4.78, 5) is 4.33. The Morgan fingerprint density at radius 3 is 3.17 bits per heavy atom. The van der Waals surface area contributed by atoms with Crippen molar-refractivity contribution in [3.63, 3.8) is 0 Å². The Bertz CT molecular complexity index is 404. The lowest BCUT2D eigenvalue weighted by molar-refractivity contribution is 0.158.